The van der Waals surface area contributed by atoms with Crippen LogP contribution in [-0.4, -0.2) is 28.0 Å². The standard InChI is InChI=1S/C18H10Cl3F4N3O.Na.H2O/c19-12-5-4-11(14(20)15(12)21)13-6-7-26-17(28-13)27-9-2-1-3-10(8-9)29-18(24,25)16(22)23;;/h1-8,16H,(H,26,27,28);;1H2/q;+1;/p-1. The zero-order valence-electron chi connectivity index (χ0n) is 15.6. The summed E-state index contributed by atoms with van der Waals surface area (Å²) in [5.41, 5.74) is 1.16. The van der Waals surface area contributed by atoms with Crippen LogP contribution >= 0.6 is 34.8 Å². The van der Waals surface area contributed by atoms with E-state index in [4.69, 9.17) is 34.8 Å². The van der Waals surface area contributed by atoms with E-state index in [2.05, 4.69) is 20.0 Å². The topological polar surface area (TPSA) is 77.0 Å². The summed E-state index contributed by atoms with van der Waals surface area (Å²) < 4.78 is 54.8. The van der Waals surface area contributed by atoms with Crippen LogP contribution in [0.25, 0.3) is 11.3 Å². The van der Waals surface area contributed by atoms with Crippen molar-refractivity contribution in [3.8, 4) is 17.0 Å². The SMILES string of the molecule is FC(F)C(F)(F)Oc1cccc(Nc2nccc(-c3ccc(Cl)c(Cl)c3Cl)n2)c1.[Na+].[OH-]. The number of hydrogen-bond donors (Lipinski definition) is 1. The van der Waals surface area contributed by atoms with E-state index >= 15 is 0 Å². The molecule has 0 aliphatic rings. The summed E-state index contributed by atoms with van der Waals surface area (Å²) in [4.78, 5) is 8.31. The van der Waals surface area contributed by atoms with Gasteiger partial charge in [0.15, 0.2) is 0 Å². The normalized spacial score (nSPS) is 10.8. The molecule has 3 rings (SSSR count). The fraction of sp³-hybridized carbons (Fsp3) is 0.111. The average molecular weight is 507 g/mol. The molecule has 0 saturated carbocycles. The first-order valence-electron chi connectivity index (χ1n) is 7.86. The van der Waals surface area contributed by atoms with Crippen LogP contribution in [0.2, 0.25) is 15.1 Å². The number of hydrogen-bond acceptors (Lipinski definition) is 5. The van der Waals surface area contributed by atoms with Gasteiger partial charge in [0.1, 0.15) is 5.75 Å². The molecule has 13 heteroatoms. The zero-order valence-corrected chi connectivity index (χ0v) is 19.9. The molecule has 0 unspecified atom stereocenters. The first-order chi connectivity index (χ1) is 13.7. The first-order valence-corrected chi connectivity index (χ1v) is 9.00. The van der Waals surface area contributed by atoms with Gasteiger partial charge in [-0.05, 0) is 30.3 Å². The summed E-state index contributed by atoms with van der Waals surface area (Å²) in [5, 5.41) is 3.43. The maximum Gasteiger partial charge on any atom is 1.00 e. The van der Waals surface area contributed by atoms with Gasteiger partial charge in [-0.3, -0.25) is 0 Å². The van der Waals surface area contributed by atoms with Gasteiger partial charge in [-0.15, -0.1) is 0 Å². The molecule has 0 bridgehead atoms. The van der Waals surface area contributed by atoms with E-state index in [0.29, 0.717) is 11.3 Å². The zero-order chi connectivity index (χ0) is 21.2. The van der Waals surface area contributed by atoms with Crippen LogP contribution in [0.15, 0.2) is 48.7 Å². The Morgan fingerprint density at radius 3 is 2.39 bits per heavy atom. The molecular weight excluding hydrogens is 496 g/mol. The summed E-state index contributed by atoms with van der Waals surface area (Å²) in [6.45, 7) is 0. The fourth-order valence-electron chi connectivity index (χ4n) is 2.26. The van der Waals surface area contributed by atoms with E-state index in [1.807, 2.05) is 0 Å². The van der Waals surface area contributed by atoms with Gasteiger partial charge < -0.3 is 15.5 Å². The number of nitrogens with one attached hydrogen (secondary N) is 1. The minimum atomic E-state index is -4.61. The Kier molecular flexibility index (Phi) is 10.3. The molecule has 3 aromatic rings. The van der Waals surface area contributed by atoms with E-state index in [1.165, 1.54) is 18.3 Å². The Morgan fingerprint density at radius 1 is 1.00 bits per heavy atom. The Hall–Kier alpha value is -1.33. The summed E-state index contributed by atoms with van der Waals surface area (Å²) in [7, 11) is 0. The Bertz CT molecular complexity index is 1050. The maximum atomic E-state index is 13.1. The van der Waals surface area contributed by atoms with Crippen molar-refractivity contribution in [2.75, 3.05) is 5.32 Å². The number of nitrogens with zero attached hydrogens (tertiary/aromatic N) is 2. The maximum absolute atomic E-state index is 13.1. The van der Waals surface area contributed by atoms with Crippen molar-refractivity contribution in [1.29, 1.82) is 0 Å². The van der Waals surface area contributed by atoms with Crippen molar-refractivity contribution < 1.29 is 57.3 Å². The molecule has 1 aromatic heterocycles. The van der Waals surface area contributed by atoms with Crippen LogP contribution in [0.1, 0.15) is 0 Å². The Labute approximate surface area is 211 Å². The molecular formula is C18H11Cl3F4N3NaO2. The number of halogens is 7. The summed E-state index contributed by atoms with van der Waals surface area (Å²) in [5.74, 6) is -0.355. The summed E-state index contributed by atoms with van der Waals surface area (Å²) in [6.07, 6.45) is -7.14. The van der Waals surface area contributed by atoms with E-state index in [9.17, 15) is 17.6 Å². The van der Waals surface area contributed by atoms with Crippen LogP contribution in [0.5, 0.6) is 5.75 Å². The van der Waals surface area contributed by atoms with Crippen LogP contribution < -0.4 is 39.6 Å². The van der Waals surface area contributed by atoms with Gasteiger partial charge in [0.05, 0.1) is 20.8 Å². The molecule has 0 aliphatic heterocycles. The van der Waals surface area contributed by atoms with Crippen LogP contribution in [0.4, 0.5) is 29.2 Å². The molecule has 1 heterocycles. The predicted octanol–water partition coefficient (Wildman–Crippen LogP) is 3.91. The smallest absolute Gasteiger partial charge is 0.870 e. The third-order valence-electron chi connectivity index (χ3n) is 3.56. The van der Waals surface area contributed by atoms with Crippen molar-refractivity contribution in [3.63, 3.8) is 0 Å². The number of alkyl halides is 4. The van der Waals surface area contributed by atoms with Crippen molar-refractivity contribution in [2.24, 2.45) is 0 Å². The van der Waals surface area contributed by atoms with E-state index in [1.54, 1.807) is 18.2 Å². The van der Waals surface area contributed by atoms with Gasteiger partial charge in [-0.1, -0.05) is 40.9 Å². The monoisotopic (exact) mass is 505 g/mol. The molecule has 0 fully saturated rings. The summed E-state index contributed by atoms with van der Waals surface area (Å²) in [6, 6.07) is 9.84. The van der Waals surface area contributed by atoms with Gasteiger partial charge in [-0.25, -0.2) is 9.97 Å². The van der Waals surface area contributed by atoms with E-state index in [-0.39, 0.29) is 61.7 Å². The number of anilines is 2. The van der Waals surface area contributed by atoms with E-state index in [0.717, 1.165) is 12.1 Å². The van der Waals surface area contributed by atoms with Crippen molar-refractivity contribution >= 4 is 46.4 Å². The fourth-order valence-corrected chi connectivity index (χ4v) is 2.89. The van der Waals surface area contributed by atoms with Gasteiger partial charge in [-0.2, -0.15) is 17.6 Å². The quantitative estimate of drug-likeness (QED) is 0.312. The minimum absolute atomic E-state index is 0. The van der Waals surface area contributed by atoms with Crippen molar-refractivity contribution in [2.45, 2.75) is 12.5 Å². The summed E-state index contributed by atoms with van der Waals surface area (Å²) >= 11 is 18.2. The minimum Gasteiger partial charge on any atom is -0.870 e. The number of benzene rings is 2. The number of aromatic nitrogens is 2. The largest absolute Gasteiger partial charge is 1.00 e. The molecule has 0 saturated heterocycles. The second-order valence-corrected chi connectivity index (χ2v) is 6.77. The third kappa shape index (κ3) is 6.82. The van der Waals surface area contributed by atoms with Gasteiger partial charge in [0.25, 0.3) is 0 Å². The molecule has 0 amide bonds. The Balaban J connectivity index is 0.00000240. The van der Waals surface area contributed by atoms with Crippen LogP contribution in [-0.2, 0) is 0 Å². The molecule has 5 nitrogen and oxygen atoms in total. The van der Waals surface area contributed by atoms with Crippen LogP contribution in [0.3, 0.4) is 0 Å². The first kappa shape index (κ1) is 27.7. The second-order valence-electron chi connectivity index (χ2n) is 5.61. The molecule has 31 heavy (non-hydrogen) atoms. The Morgan fingerprint density at radius 2 is 1.71 bits per heavy atom. The number of rotatable bonds is 6. The molecule has 0 radical (unpaired) electrons. The molecule has 0 aliphatic carbocycles. The molecule has 2 N–H and O–H groups in total. The average Bonchev–Trinajstić information content (AvgIpc) is 2.66. The van der Waals surface area contributed by atoms with Gasteiger partial charge in [0, 0.05) is 23.5 Å². The predicted molar refractivity (Wildman–Crippen MR) is 106 cm³/mol. The third-order valence-corrected chi connectivity index (χ3v) is 4.86. The van der Waals surface area contributed by atoms with Gasteiger partial charge in [0.2, 0.25) is 5.95 Å². The molecule has 160 valence electrons. The van der Waals surface area contributed by atoms with Crippen molar-refractivity contribution in [1.82, 2.24) is 9.97 Å². The molecule has 0 atom stereocenters. The second kappa shape index (κ2) is 11.5. The molecule has 2 aromatic carbocycles. The molecule has 0 spiro atoms. The number of ether oxygens (including phenoxy) is 1. The van der Waals surface area contributed by atoms with Crippen molar-refractivity contribution in [3.05, 3.63) is 63.7 Å². The van der Waals surface area contributed by atoms with Gasteiger partial charge >= 0.3 is 42.1 Å². The van der Waals surface area contributed by atoms with E-state index < -0.39 is 18.3 Å². The van der Waals surface area contributed by atoms with Crippen LogP contribution in [0, 0.1) is 0 Å².